The molecule has 3 nitrogen and oxygen atoms in total. The topological polar surface area (TPSA) is 35.5 Å². The molecule has 1 aliphatic rings. The Morgan fingerprint density at radius 2 is 1.82 bits per heavy atom. The van der Waals surface area contributed by atoms with Crippen LogP contribution in [0.4, 0.5) is 0 Å². The van der Waals surface area contributed by atoms with Crippen molar-refractivity contribution in [2.75, 3.05) is 0 Å². The fourth-order valence-electron chi connectivity index (χ4n) is 2.82. The Kier molecular flexibility index (Phi) is 6.91. The molecular weight excluding hydrogens is 276 g/mol. The smallest absolute Gasteiger partial charge is 0.292 e. The zero-order valence-electron chi connectivity index (χ0n) is 13.8. The summed E-state index contributed by atoms with van der Waals surface area (Å²) in [5, 5.41) is 0. The molecule has 1 aromatic rings. The lowest BCUT2D eigenvalue weighted by molar-refractivity contribution is -0.240. The molecule has 121 valence electrons. The summed E-state index contributed by atoms with van der Waals surface area (Å²) < 4.78 is 0. The minimum absolute atomic E-state index is 0.410. The summed E-state index contributed by atoms with van der Waals surface area (Å²) in [5.74, 6) is 0.380. The molecule has 1 saturated carbocycles. The first-order valence-electron chi connectivity index (χ1n) is 8.55. The summed E-state index contributed by atoms with van der Waals surface area (Å²) in [4.78, 5) is 22.2. The molecule has 0 saturated heterocycles. The third-order valence-electron chi connectivity index (χ3n) is 4.48. The van der Waals surface area contributed by atoms with Crippen LogP contribution >= 0.6 is 0 Å². The maximum atomic E-state index is 12.0. The van der Waals surface area contributed by atoms with E-state index in [1.807, 2.05) is 24.3 Å². The lowest BCUT2D eigenvalue weighted by Gasteiger charge is -2.25. The maximum Gasteiger partial charge on any atom is 0.373 e. The largest absolute Gasteiger partial charge is 0.373 e. The van der Waals surface area contributed by atoms with Crippen molar-refractivity contribution in [3.8, 4) is 0 Å². The predicted octanol–water partition coefficient (Wildman–Crippen LogP) is 5.25. The summed E-state index contributed by atoms with van der Waals surface area (Å²) in [6.07, 6.45) is 9.60. The normalized spacial score (nSPS) is 16.6. The quantitative estimate of drug-likeness (QED) is 0.510. The van der Waals surface area contributed by atoms with Crippen LogP contribution in [-0.4, -0.2) is 5.97 Å². The van der Waals surface area contributed by atoms with Gasteiger partial charge in [0, 0.05) is 0 Å². The van der Waals surface area contributed by atoms with Crippen molar-refractivity contribution in [2.24, 2.45) is 5.92 Å². The maximum absolute atomic E-state index is 12.0. The molecule has 0 unspecified atom stereocenters. The first kappa shape index (κ1) is 17.0. The first-order valence-corrected chi connectivity index (χ1v) is 8.55. The van der Waals surface area contributed by atoms with Crippen LogP contribution in [0.25, 0.3) is 0 Å². The molecule has 3 heteroatoms. The van der Waals surface area contributed by atoms with E-state index in [9.17, 15) is 4.79 Å². The molecule has 0 heterocycles. The number of benzene rings is 1. The highest BCUT2D eigenvalue weighted by Gasteiger charge is 2.23. The van der Waals surface area contributed by atoms with Gasteiger partial charge in [-0.25, -0.2) is 4.79 Å². The molecule has 2 rings (SSSR count). The van der Waals surface area contributed by atoms with Gasteiger partial charge in [0.2, 0.25) is 0 Å². The fourth-order valence-corrected chi connectivity index (χ4v) is 2.82. The lowest BCUT2D eigenvalue weighted by atomic mass is 9.86. The second-order valence-corrected chi connectivity index (χ2v) is 6.14. The van der Waals surface area contributed by atoms with Crippen LogP contribution in [-0.2, 0) is 16.2 Å². The Balaban J connectivity index is 1.75. The number of carbonyl (C=O) groups is 1. The van der Waals surface area contributed by atoms with Gasteiger partial charge < -0.3 is 0 Å². The number of aryl methyl sites for hydroxylation is 1. The van der Waals surface area contributed by atoms with Crippen LogP contribution < -0.4 is 0 Å². The van der Waals surface area contributed by atoms with E-state index in [4.69, 9.17) is 9.78 Å². The van der Waals surface area contributed by atoms with Crippen LogP contribution in [0.3, 0.4) is 0 Å². The van der Waals surface area contributed by atoms with E-state index in [0.717, 1.165) is 44.1 Å². The molecule has 1 radical (unpaired) electrons. The second-order valence-electron chi connectivity index (χ2n) is 6.14. The van der Waals surface area contributed by atoms with Gasteiger partial charge in [-0.2, -0.15) is 4.89 Å². The molecule has 0 spiro atoms. The van der Waals surface area contributed by atoms with E-state index in [2.05, 4.69) is 13.8 Å². The third-order valence-corrected chi connectivity index (χ3v) is 4.48. The van der Waals surface area contributed by atoms with Crippen molar-refractivity contribution in [3.05, 3.63) is 41.5 Å². The minimum atomic E-state index is -0.410. The van der Waals surface area contributed by atoms with Crippen LogP contribution in [0.2, 0.25) is 0 Å². The summed E-state index contributed by atoms with van der Waals surface area (Å²) in [6, 6.07) is 7.61. The number of unbranched alkanes of at least 4 members (excludes halogenated alkanes) is 1. The Morgan fingerprint density at radius 3 is 2.41 bits per heavy atom. The average Bonchev–Trinajstić information content (AvgIpc) is 2.58. The first-order chi connectivity index (χ1) is 10.7. The Bertz CT molecular complexity index is 444. The van der Waals surface area contributed by atoms with Gasteiger partial charge in [0.05, 0.1) is 5.56 Å². The molecule has 1 aliphatic carbocycles. The Labute approximate surface area is 133 Å². The van der Waals surface area contributed by atoms with Crippen molar-refractivity contribution >= 4 is 5.97 Å². The van der Waals surface area contributed by atoms with E-state index >= 15 is 0 Å². The SMILES string of the molecule is CCCCc1ccc(C(=O)OO[C]2CCC(CC)CC2)cc1. The van der Waals surface area contributed by atoms with Gasteiger partial charge in [-0.3, -0.25) is 4.89 Å². The van der Waals surface area contributed by atoms with Crippen LogP contribution in [0.5, 0.6) is 0 Å². The molecule has 0 atom stereocenters. The average molecular weight is 303 g/mol. The highest BCUT2D eigenvalue weighted by atomic mass is 17.2. The van der Waals surface area contributed by atoms with E-state index in [1.54, 1.807) is 0 Å². The minimum Gasteiger partial charge on any atom is -0.292 e. The molecule has 0 bridgehead atoms. The monoisotopic (exact) mass is 303 g/mol. The van der Waals surface area contributed by atoms with Gasteiger partial charge in [-0.1, -0.05) is 38.8 Å². The molecule has 0 aliphatic heterocycles. The Hall–Kier alpha value is -1.35. The standard InChI is InChI=1S/C19H27O3/c1-3-5-6-16-7-11-17(12-8-16)19(20)22-21-18-13-9-15(4-2)10-14-18/h7-8,11-12,15H,3-6,9-10,13-14H2,1-2H3. The molecular formula is C19H27O3. The molecule has 1 fully saturated rings. The molecule has 0 N–H and O–H groups in total. The molecule has 0 amide bonds. The number of carbonyl (C=O) groups excluding carboxylic acids is 1. The zero-order chi connectivity index (χ0) is 15.8. The zero-order valence-corrected chi connectivity index (χ0v) is 13.8. The second kappa shape index (κ2) is 8.94. The van der Waals surface area contributed by atoms with Crippen molar-refractivity contribution < 1.29 is 14.6 Å². The van der Waals surface area contributed by atoms with E-state index in [-0.39, 0.29) is 0 Å². The summed E-state index contributed by atoms with van der Waals surface area (Å²) in [7, 11) is 0. The van der Waals surface area contributed by atoms with Gasteiger partial charge >= 0.3 is 5.97 Å². The van der Waals surface area contributed by atoms with E-state index in [0.29, 0.717) is 5.56 Å². The van der Waals surface area contributed by atoms with Gasteiger partial charge in [-0.05, 0) is 62.1 Å². The van der Waals surface area contributed by atoms with E-state index in [1.165, 1.54) is 24.8 Å². The Morgan fingerprint density at radius 1 is 1.14 bits per heavy atom. The van der Waals surface area contributed by atoms with E-state index < -0.39 is 5.97 Å². The summed E-state index contributed by atoms with van der Waals surface area (Å²) >= 11 is 0. The number of rotatable bonds is 7. The third kappa shape index (κ3) is 5.13. The molecule has 0 aromatic heterocycles. The van der Waals surface area contributed by atoms with Gasteiger partial charge in [-0.15, -0.1) is 0 Å². The van der Waals surface area contributed by atoms with Crippen LogP contribution in [0.15, 0.2) is 24.3 Å². The van der Waals surface area contributed by atoms with Crippen LogP contribution in [0.1, 0.15) is 74.7 Å². The van der Waals surface area contributed by atoms with Crippen molar-refractivity contribution in [1.29, 1.82) is 0 Å². The van der Waals surface area contributed by atoms with Gasteiger partial charge in [0.1, 0.15) is 6.10 Å². The van der Waals surface area contributed by atoms with Crippen molar-refractivity contribution in [2.45, 2.75) is 65.2 Å². The fraction of sp³-hybridized carbons (Fsp3) is 0.579. The summed E-state index contributed by atoms with van der Waals surface area (Å²) in [5.41, 5.74) is 1.80. The molecule has 1 aromatic carbocycles. The molecule has 22 heavy (non-hydrogen) atoms. The number of hydrogen-bond acceptors (Lipinski definition) is 3. The van der Waals surface area contributed by atoms with Crippen molar-refractivity contribution in [3.63, 3.8) is 0 Å². The highest BCUT2D eigenvalue weighted by molar-refractivity contribution is 5.88. The highest BCUT2D eigenvalue weighted by Crippen LogP contribution is 2.32. The van der Waals surface area contributed by atoms with Crippen molar-refractivity contribution in [1.82, 2.24) is 0 Å². The van der Waals surface area contributed by atoms with Crippen LogP contribution in [0, 0.1) is 12.0 Å². The summed E-state index contributed by atoms with van der Waals surface area (Å²) in [6.45, 7) is 4.40. The lowest BCUT2D eigenvalue weighted by Crippen LogP contribution is -2.17. The van der Waals surface area contributed by atoms with Gasteiger partial charge in [0.15, 0.2) is 0 Å². The number of hydrogen-bond donors (Lipinski definition) is 0. The van der Waals surface area contributed by atoms with Gasteiger partial charge in [0.25, 0.3) is 0 Å². The predicted molar refractivity (Wildman–Crippen MR) is 87.0 cm³/mol.